The fourth-order valence-electron chi connectivity index (χ4n) is 1.74. The molecule has 0 radical (unpaired) electrons. The van der Waals surface area contributed by atoms with Crippen molar-refractivity contribution in [3.63, 3.8) is 0 Å². The number of non-ortho nitro benzene ring substituents is 1. The van der Waals surface area contributed by atoms with Gasteiger partial charge in [-0.05, 0) is 13.0 Å². The quantitative estimate of drug-likeness (QED) is 0.541. The van der Waals surface area contributed by atoms with Crippen LogP contribution in [0.25, 0.3) is 23.5 Å². The van der Waals surface area contributed by atoms with Crippen LogP contribution in [0.3, 0.4) is 0 Å². The van der Waals surface area contributed by atoms with Crippen LogP contribution in [0.5, 0.6) is 0 Å². The second kappa shape index (κ2) is 11.0. The minimum atomic E-state index is -0.416. The molecule has 0 aliphatic heterocycles. The third kappa shape index (κ3) is 5.54. The van der Waals surface area contributed by atoms with E-state index in [9.17, 15) is 10.1 Å². The van der Waals surface area contributed by atoms with E-state index < -0.39 is 4.92 Å². The predicted octanol–water partition coefficient (Wildman–Crippen LogP) is 5.64. The second-order valence-corrected chi connectivity index (χ2v) is 3.88. The molecule has 0 amide bonds. The van der Waals surface area contributed by atoms with Gasteiger partial charge in [-0.25, -0.2) is 4.98 Å². The fraction of sp³-hybridized carbons (Fsp3) is 0.278. The smallest absolute Gasteiger partial charge is 0.270 e. The summed E-state index contributed by atoms with van der Waals surface area (Å²) in [6.07, 6.45) is 7.16. The molecular formula is C18H25N3O2. The Morgan fingerprint density at radius 3 is 2.43 bits per heavy atom. The van der Waals surface area contributed by atoms with E-state index in [1.807, 2.05) is 46.8 Å². The van der Waals surface area contributed by atoms with Crippen LogP contribution in [0, 0.1) is 10.1 Å². The van der Waals surface area contributed by atoms with Gasteiger partial charge in [-0.2, -0.15) is 0 Å². The third-order valence-electron chi connectivity index (χ3n) is 2.63. The Morgan fingerprint density at radius 2 is 1.91 bits per heavy atom. The van der Waals surface area contributed by atoms with Crippen LogP contribution in [0.4, 0.5) is 5.69 Å². The minimum Gasteiger partial charge on any atom is -0.307 e. The van der Waals surface area contributed by atoms with Gasteiger partial charge in [-0.3, -0.25) is 10.1 Å². The molecule has 0 aliphatic rings. The Balaban J connectivity index is 0.00000112. The number of aromatic nitrogens is 2. The molecule has 0 N–H and O–H groups in total. The number of allylic oxidation sites excluding steroid dienone is 1. The van der Waals surface area contributed by atoms with Crippen molar-refractivity contribution in [2.75, 3.05) is 0 Å². The summed E-state index contributed by atoms with van der Waals surface area (Å²) in [6, 6.07) is 6.41. The molecule has 0 bridgehead atoms. The maximum absolute atomic E-state index is 10.8. The number of nitro benzene ring substituents is 1. The topological polar surface area (TPSA) is 61.0 Å². The fourth-order valence-corrected chi connectivity index (χ4v) is 1.74. The monoisotopic (exact) mass is 315 g/mol. The van der Waals surface area contributed by atoms with E-state index in [1.54, 1.807) is 29.1 Å². The van der Waals surface area contributed by atoms with Crippen LogP contribution in [-0.4, -0.2) is 14.5 Å². The Bertz CT molecular complexity index is 658. The number of nitro groups is 1. The molecule has 1 heterocycles. The van der Waals surface area contributed by atoms with Crippen molar-refractivity contribution >= 4 is 18.0 Å². The second-order valence-electron chi connectivity index (χ2n) is 3.88. The highest BCUT2D eigenvalue weighted by molar-refractivity contribution is 5.64. The molecule has 0 saturated heterocycles. The van der Waals surface area contributed by atoms with Crippen molar-refractivity contribution in [1.82, 2.24) is 9.55 Å². The van der Waals surface area contributed by atoms with Crippen molar-refractivity contribution in [3.05, 3.63) is 59.1 Å². The lowest BCUT2D eigenvalue weighted by Crippen LogP contribution is -1.88. The van der Waals surface area contributed by atoms with Crippen molar-refractivity contribution in [1.29, 1.82) is 0 Å². The molecule has 0 aliphatic carbocycles. The van der Waals surface area contributed by atoms with Gasteiger partial charge < -0.3 is 4.57 Å². The van der Waals surface area contributed by atoms with Gasteiger partial charge >= 0.3 is 0 Å². The van der Waals surface area contributed by atoms with Crippen molar-refractivity contribution < 1.29 is 4.92 Å². The maximum atomic E-state index is 10.8. The molecule has 23 heavy (non-hydrogen) atoms. The molecular weight excluding hydrogens is 290 g/mol. The highest BCUT2D eigenvalue weighted by atomic mass is 16.6. The van der Waals surface area contributed by atoms with Crippen molar-refractivity contribution in [3.8, 4) is 11.3 Å². The van der Waals surface area contributed by atoms with E-state index in [2.05, 4.69) is 11.6 Å². The van der Waals surface area contributed by atoms with Gasteiger partial charge in [0.05, 0.1) is 10.6 Å². The molecule has 0 spiro atoms. The zero-order valence-corrected chi connectivity index (χ0v) is 14.5. The Hall–Kier alpha value is -2.69. The normalized spacial score (nSPS) is 9.43. The molecule has 0 atom stereocenters. The van der Waals surface area contributed by atoms with E-state index in [0.29, 0.717) is 11.3 Å². The third-order valence-corrected chi connectivity index (χ3v) is 2.63. The van der Waals surface area contributed by atoms with Crippen LogP contribution < -0.4 is 0 Å². The summed E-state index contributed by atoms with van der Waals surface area (Å²) in [5.41, 5.74) is 1.44. The lowest BCUT2D eigenvalue weighted by molar-refractivity contribution is -0.384. The molecule has 5 heteroatoms. The van der Waals surface area contributed by atoms with Gasteiger partial charge in [0.1, 0.15) is 5.82 Å². The Labute approximate surface area is 138 Å². The van der Waals surface area contributed by atoms with Gasteiger partial charge in [0.25, 0.3) is 5.69 Å². The van der Waals surface area contributed by atoms with E-state index in [4.69, 9.17) is 0 Å². The first kappa shape index (κ1) is 20.3. The SMILES string of the molecule is C=Cn1cc(-c2cccc([N+](=O)[O-])c2)nc1/C=C\C.CC.CC. The van der Waals surface area contributed by atoms with E-state index >= 15 is 0 Å². The molecule has 0 unspecified atom stereocenters. The Kier molecular flexibility index (Phi) is 9.67. The lowest BCUT2D eigenvalue weighted by Gasteiger charge is -1.96. The maximum Gasteiger partial charge on any atom is 0.270 e. The van der Waals surface area contributed by atoms with Crippen LogP contribution in [-0.2, 0) is 0 Å². The average Bonchev–Trinajstić information content (AvgIpc) is 3.02. The minimum absolute atomic E-state index is 0.0539. The summed E-state index contributed by atoms with van der Waals surface area (Å²) < 4.78 is 1.77. The van der Waals surface area contributed by atoms with Crippen LogP contribution in [0.1, 0.15) is 40.4 Å². The number of rotatable bonds is 4. The first-order valence-electron chi connectivity index (χ1n) is 7.74. The standard InChI is InChI=1S/C14H13N3O2.2C2H6/c1-3-6-14-15-13(10-16(14)4-2)11-7-5-8-12(9-11)17(18)19;2*1-2/h3-10H,2H2,1H3;2*1-2H3/b6-3-;;. The molecule has 2 aromatic rings. The number of imidazole rings is 1. The van der Waals surface area contributed by atoms with Crippen LogP contribution in [0.2, 0.25) is 0 Å². The molecule has 1 aromatic heterocycles. The van der Waals surface area contributed by atoms with Gasteiger partial charge in [0.15, 0.2) is 0 Å². The van der Waals surface area contributed by atoms with Gasteiger partial charge in [-0.15, -0.1) is 0 Å². The van der Waals surface area contributed by atoms with E-state index in [0.717, 1.165) is 5.82 Å². The molecule has 124 valence electrons. The summed E-state index contributed by atoms with van der Waals surface area (Å²) in [5, 5.41) is 10.8. The number of hydrogen-bond acceptors (Lipinski definition) is 3. The lowest BCUT2D eigenvalue weighted by atomic mass is 10.1. The summed E-state index contributed by atoms with van der Waals surface area (Å²) in [7, 11) is 0. The van der Waals surface area contributed by atoms with Gasteiger partial charge in [-0.1, -0.05) is 52.5 Å². The van der Waals surface area contributed by atoms with Crippen molar-refractivity contribution in [2.45, 2.75) is 34.6 Å². The molecule has 0 saturated carbocycles. The molecule has 0 fully saturated rings. The summed E-state index contributed by atoms with van der Waals surface area (Å²) in [5.74, 6) is 0.735. The van der Waals surface area contributed by atoms with E-state index in [-0.39, 0.29) is 5.69 Å². The average molecular weight is 315 g/mol. The molecule has 2 rings (SSSR count). The summed E-state index contributed by atoms with van der Waals surface area (Å²) >= 11 is 0. The summed E-state index contributed by atoms with van der Waals surface area (Å²) in [4.78, 5) is 14.8. The summed E-state index contributed by atoms with van der Waals surface area (Å²) in [6.45, 7) is 13.6. The van der Waals surface area contributed by atoms with Crippen LogP contribution in [0.15, 0.2) is 43.1 Å². The van der Waals surface area contributed by atoms with Crippen LogP contribution >= 0.6 is 0 Å². The number of hydrogen-bond donors (Lipinski definition) is 0. The predicted molar refractivity (Wildman–Crippen MR) is 98.1 cm³/mol. The highest BCUT2D eigenvalue weighted by Crippen LogP contribution is 2.23. The zero-order chi connectivity index (χ0) is 17.8. The largest absolute Gasteiger partial charge is 0.307 e. The number of benzene rings is 1. The molecule has 1 aromatic carbocycles. The van der Waals surface area contributed by atoms with E-state index in [1.165, 1.54) is 12.1 Å². The highest BCUT2D eigenvalue weighted by Gasteiger charge is 2.10. The first-order chi connectivity index (χ1) is 11.2. The van der Waals surface area contributed by atoms with Crippen molar-refractivity contribution in [2.24, 2.45) is 0 Å². The zero-order valence-electron chi connectivity index (χ0n) is 14.5. The first-order valence-corrected chi connectivity index (χ1v) is 7.74. The van der Waals surface area contributed by atoms with Gasteiger partial charge in [0.2, 0.25) is 0 Å². The Morgan fingerprint density at radius 1 is 1.26 bits per heavy atom. The van der Waals surface area contributed by atoms with Gasteiger partial charge in [0, 0.05) is 30.1 Å². The number of nitrogens with zero attached hydrogens (tertiary/aromatic N) is 3. The molecule has 5 nitrogen and oxygen atoms in total.